The summed E-state index contributed by atoms with van der Waals surface area (Å²) in [7, 11) is 0. The van der Waals surface area contributed by atoms with Gasteiger partial charge in [-0.1, -0.05) is 75.1 Å². The van der Waals surface area contributed by atoms with E-state index in [0.29, 0.717) is 73.3 Å². The molecular weight excluding hydrogens is 687 g/mol. The summed E-state index contributed by atoms with van der Waals surface area (Å²) in [6.07, 6.45) is 16.5. The fourth-order valence-corrected chi connectivity index (χ4v) is 15.4. The average Bonchev–Trinajstić information content (AvgIpc) is 3.64. The minimum absolute atomic E-state index is 0.143. The molecule has 4 aliphatic carbocycles. The Morgan fingerprint density at radius 2 is 1.91 bits per heavy atom. The maximum atomic E-state index is 15.5. The van der Waals surface area contributed by atoms with Crippen LogP contribution in [0.25, 0.3) is 0 Å². The summed E-state index contributed by atoms with van der Waals surface area (Å²) >= 11 is 0. The Morgan fingerprint density at radius 3 is 2.73 bits per heavy atom. The van der Waals surface area contributed by atoms with Crippen molar-refractivity contribution in [3.8, 4) is 0 Å². The maximum Gasteiger partial charge on any atom is 0.339 e. The molecule has 8 nitrogen and oxygen atoms in total. The second-order valence-corrected chi connectivity index (χ2v) is 19.3. The molecule has 0 aromatic heterocycles. The lowest BCUT2D eigenvalue weighted by atomic mass is 9.29. The Balaban J connectivity index is 1.20. The van der Waals surface area contributed by atoms with Gasteiger partial charge in [-0.15, -0.1) is 0 Å². The number of nitrogens with two attached hydrogens (primary N) is 1. The van der Waals surface area contributed by atoms with E-state index in [-0.39, 0.29) is 35.6 Å². The molecule has 9 aliphatic heterocycles. The van der Waals surface area contributed by atoms with Crippen LogP contribution in [0, 0.1) is 46.3 Å². The summed E-state index contributed by atoms with van der Waals surface area (Å²) in [6.45, 7) is 10.6. The Kier molecular flexibility index (Phi) is 7.65. The lowest BCUT2D eigenvalue weighted by Gasteiger charge is -2.71. The van der Waals surface area contributed by atoms with E-state index in [1.54, 1.807) is 11.3 Å². The fourth-order valence-electron chi connectivity index (χ4n) is 15.4. The van der Waals surface area contributed by atoms with Crippen LogP contribution in [0.3, 0.4) is 0 Å². The summed E-state index contributed by atoms with van der Waals surface area (Å²) < 4.78 is 13.7. The smallest absolute Gasteiger partial charge is 0.339 e. The number of rotatable bonds is 7. The average molecular weight is 746 g/mol. The van der Waals surface area contributed by atoms with Gasteiger partial charge in [0.25, 0.3) is 0 Å². The van der Waals surface area contributed by atoms with Crippen molar-refractivity contribution in [2.75, 3.05) is 26.2 Å². The number of ether oxygens (including phenoxy) is 2. The second kappa shape index (κ2) is 12.1. The molecule has 8 heteroatoms. The van der Waals surface area contributed by atoms with Gasteiger partial charge in [-0.25, -0.2) is 4.79 Å². The molecule has 4 fully saturated rings. The second-order valence-electron chi connectivity index (χ2n) is 19.3. The minimum Gasteiger partial charge on any atom is -0.509 e. The predicted molar refractivity (Wildman–Crippen MR) is 209 cm³/mol. The topological polar surface area (TPSA) is 105 Å². The highest BCUT2D eigenvalue weighted by Gasteiger charge is 2.93. The number of aliphatic hydroxyl groups is 1. The molecule has 12 bridgehead atoms. The number of hydrogen-bond donors (Lipinski definition) is 2. The van der Waals surface area contributed by atoms with Crippen molar-refractivity contribution in [3.05, 3.63) is 81.0 Å². The summed E-state index contributed by atoms with van der Waals surface area (Å²) in [5.41, 5.74) is 11.1. The summed E-state index contributed by atoms with van der Waals surface area (Å²) in [5.74, 6) is 2.08. The number of hydrogen-bond acceptors (Lipinski definition) is 8. The fraction of sp³-hybridized carbons (Fsp3) is 0.660. The van der Waals surface area contributed by atoms with E-state index in [4.69, 9.17) is 15.2 Å². The van der Waals surface area contributed by atoms with Crippen LogP contribution in [0.1, 0.15) is 119 Å². The zero-order valence-electron chi connectivity index (χ0n) is 33.1. The van der Waals surface area contributed by atoms with Crippen LogP contribution in [0.5, 0.6) is 0 Å². The molecule has 55 heavy (non-hydrogen) atoms. The third-order valence-corrected chi connectivity index (χ3v) is 17.0. The van der Waals surface area contributed by atoms with E-state index < -0.39 is 16.4 Å². The molecule has 1 aromatic carbocycles. The molecule has 1 aromatic rings. The van der Waals surface area contributed by atoms with Crippen molar-refractivity contribution < 1.29 is 24.2 Å². The van der Waals surface area contributed by atoms with Crippen LogP contribution in [0.2, 0.25) is 0 Å². The molecule has 292 valence electrons. The highest BCUT2D eigenvalue weighted by atomic mass is 16.6. The predicted octanol–water partition coefficient (Wildman–Crippen LogP) is 7.85. The lowest BCUT2D eigenvalue weighted by molar-refractivity contribution is -0.275. The molecule has 2 spiro atoms. The van der Waals surface area contributed by atoms with Crippen molar-refractivity contribution in [2.24, 2.45) is 52.1 Å². The van der Waals surface area contributed by atoms with Crippen LogP contribution in [-0.4, -0.2) is 65.1 Å². The molecule has 13 aliphatic rings. The summed E-state index contributed by atoms with van der Waals surface area (Å²) in [6, 6.07) is 6.87. The quantitative estimate of drug-likeness (QED) is 0.272. The van der Waals surface area contributed by atoms with Gasteiger partial charge in [0.15, 0.2) is 11.4 Å². The van der Waals surface area contributed by atoms with Gasteiger partial charge in [-0.3, -0.25) is 9.69 Å². The molecule has 0 amide bonds. The first kappa shape index (κ1) is 34.9. The largest absolute Gasteiger partial charge is 0.509 e. The van der Waals surface area contributed by atoms with Crippen molar-refractivity contribution in [1.82, 2.24) is 9.80 Å². The normalized spacial score (nSPS) is 44.1. The van der Waals surface area contributed by atoms with E-state index >= 15 is 4.79 Å². The van der Waals surface area contributed by atoms with Gasteiger partial charge in [-0.05, 0) is 106 Å². The summed E-state index contributed by atoms with van der Waals surface area (Å²) in [5, 5.41) is 12.8. The Morgan fingerprint density at radius 1 is 1.05 bits per heavy atom. The number of aryl methyl sites for hydroxylation is 1. The number of piperidine rings is 2. The number of benzene rings is 1. The molecule has 1 saturated carbocycles. The number of nitrogens with zero attached hydrogens (tertiary/aromatic N) is 2. The minimum atomic E-state index is -1.12. The van der Waals surface area contributed by atoms with Crippen LogP contribution in [0.4, 0.5) is 0 Å². The third-order valence-electron chi connectivity index (χ3n) is 17.0. The van der Waals surface area contributed by atoms with Gasteiger partial charge in [0.2, 0.25) is 0 Å². The highest BCUT2D eigenvalue weighted by Crippen LogP contribution is 2.87. The summed E-state index contributed by atoms with van der Waals surface area (Å²) in [4.78, 5) is 35.6. The number of carbonyl (C=O) groups excluding carboxylic acids is 2. The van der Waals surface area contributed by atoms with Gasteiger partial charge in [0.1, 0.15) is 11.2 Å². The molecule has 9 heterocycles. The third kappa shape index (κ3) is 4.07. The van der Waals surface area contributed by atoms with Crippen LogP contribution >= 0.6 is 0 Å². The van der Waals surface area contributed by atoms with Crippen molar-refractivity contribution >= 4 is 11.9 Å². The Hall–Kier alpha value is -3.36. The van der Waals surface area contributed by atoms with Gasteiger partial charge in [0.05, 0.1) is 11.0 Å². The number of allylic oxidation sites excluding steroid dienone is 4. The Labute approximate surface area is 326 Å². The number of carbonyl (C=O) groups is 2. The van der Waals surface area contributed by atoms with Crippen molar-refractivity contribution in [3.63, 3.8) is 0 Å². The first-order chi connectivity index (χ1) is 26.7. The lowest BCUT2D eigenvalue weighted by Crippen LogP contribution is -2.77. The van der Waals surface area contributed by atoms with Gasteiger partial charge >= 0.3 is 11.9 Å². The number of fused-ring (bicyclic) bond motifs is 2. The van der Waals surface area contributed by atoms with Crippen LogP contribution in [0.15, 0.2) is 64.3 Å². The highest BCUT2D eigenvalue weighted by molar-refractivity contribution is 6.00. The maximum absolute atomic E-state index is 15.5. The van der Waals surface area contributed by atoms with E-state index in [2.05, 4.69) is 54.9 Å². The van der Waals surface area contributed by atoms with Gasteiger partial charge in [-0.2, -0.15) is 0 Å². The standard InChI is InChI=1S/C47H59N3O5/c1-4-8-31-22-37(51)42-45-18-17-33-34(15-14-32-26(3)20-29-13-16-36-30-21-27(23-49(31)25-30)24-50(36)41(29)40(32)33)46(45,44(53)54-42)38(9-5-2)47(45)35-12-6-10-28(11-7-19-48)39(35)43(52)55-47/h6,10,12,14-15,26-27,30-32,36,38,40,51H,4-5,7-9,11,13,16-25,48H2,1-3H3/b42-37-/t26-,27-,30+,31+,32+,36-,38-,40+,45+,46-,47+/m0/s1. The van der Waals surface area contributed by atoms with Gasteiger partial charge < -0.3 is 25.2 Å². The number of aliphatic hydroxyl groups excluding tert-OH is 1. The SMILES string of the molecule is CCC[C@@H]1C/C(O)=C2/OC(=O)[C@@]34C5=C(CC[C@@]23[C@]2(OC(=O)c3c(CCCN)cccc32)[C@H]4CCC)[C@@H]2C3=C(CC[C@H]4[C@@H]6C[C@@H](CN1C6)CN34)C[C@H](C)[C@H]2C=C5. The zero-order chi connectivity index (χ0) is 37.6. The van der Waals surface area contributed by atoms with E-state index in [9.17, 15) is 9.90 Å². The van der Waals surface area contributed by atoms with E-state index in [1.165, 1.54) is 24.8 Å². The van der Waals surface area contributed by atoms with Crippen molar-refractivity contribution in [2.45, 2.75) is 122 Å². The number of esters is 2. The Bertz CT molecular complexity index is 2010. The van der Waals surface area contributed by atoms with E-state index in [0.717, 1.165) is 74.9 Å². The monoisotopic (exact) mass is 745 g/mol. The van der Waals surface area contributed by atoms with Crippen molar-refractivity contribution in [1.29, 1.82) is 0 Å². The van der Waals surface area contributed by atoms with Crippen LogP contribution in [-0.2, 0) is 26.3 Å². The zero-order valence-corrected chi connectivity index (χ0v) is 33.1. The molecule has 14 rings (SSSR count). The molecule has 12 atom stereocenters. The van der Waals surface area contributed by atoms with Crippen LogP contribution < -0.4 is 5.73 Å². The first-order valence-electron chi connectivity index (χ1n) is 22.1. The molecule has 0 radical (unpaired) electrons. The van der Waals surface area contributed by atoms with E-state index in [1.807, 2.05) is 6.07 Å². The molecule has 1 unspecified atom stereocenters. The molecule has 3 saturated heterocycles. The molecule has 3 N–H and O–H groups in total. The van der Waals surface area contributed by atoms with Gasteiger partial charge in [0, 0.05) is 61.2 Å². The molecular formula is C47H59N3O5. The first-order valence-corrected chi connectivity index (χ1v) is 22.1.